The van der Waals surface area contributed by atoms with Gasteiger partial charge in [-0.1, -0.05) is 12.1 Å². The molecular formula is C18H19N6+. The first kappa shape index (κ1) is 14.6. The van der Waals surface area contributed by atoms with Crippen LogP contribution in [0.2, 0.25) is 0 Å². The molecule has 3 aliphatic rings. The molecule has 1 fully saturated rings. The Kier molecular flexibility index (Phi) is 3.06. The second-order valence-electron chi connectivity index (χ2n) is 6.72. The quantitative estimate of drug-likeness (QED) is 0.653. The third-order valence-electron chi connectivity index (χ3n) is 5.49. The van der Waals surface area contributed by atoms with Crippen LogP contribution in [0.5, 0.6) is 0 Å². The molecule has 0 aromatic heterocycles. The summed E-state index contributed by atoms with van der Waals surface area (Å²) in [5, 5.41) is 23.1. The molecule has 120 valence electrons. The van der Waals surface area contributed by atoms with Crippen molar-refractivity contribution in [3.8, 4) is 12.1 Å². The highest BCUT2D eigenvalue weighted by Crippen LogP contribution is 2.52. The number of nitrogens with zero attached hydrogens (tertiary/aromatic N) is 3. The molecule has 1 aromatic carbocycles. The van der Waals surface area contributed by atoms with Crippen LogP contribution >= 0.6 is 0 Å². The molecule has 0 saturated carbocycles. The summed E-state index contributed by atoms with van der Waals surface area (Å²) in [7, 11) is 2.14. The summed E-state index contributed by atoms with van der Waals surface area (Å²) in [6.07, 6.45) is 1.53. The topological polar surface area (TPSA) is 93.3 Å². The summed E-state index contributed by atoms with van der Waals surface area (Å²) in [6, 6.07) is 12.5. The molecule has 0 bridgehead atoms. The smallest absolute Gasteiger partial charge is 0.131 e. The van der Waals surface area contributed by atoms with Crippen molar-refractivity contribution >= 4 is 11.4 Å². The molecule has 6 heteroatoms. The zero-order chi connectivity index (χ0) is 16.9. The summed E-state index contributed by atoms with van der Waals surface area (Å²) in [5.41, 5.74) is 8.85. The van der Waals surface area contributed by atoms with E-state index in [1.807, 2.05) is 29.2 Å². The molecular weight excluding hydrogens is 300 g/mol. The van der Waals surface area contributed by atoms with Crippen LogP contribution in [0.1, 0.15) is 12.8 Å². The number of allylic oxidation sites excluding steroid dienone is 2. The molecule has 24 heavy (non-hydrogen) atoms. The van der Waals surface area contributed by atoms with E-state index in [9.17, 15) is 10.5 Å². The van der Waals surface area contributed by atoms with Crippen LogP contribution in [0.4, 0.5) is 11.4 Å². The van der Waals surface area contributed by atoms with Crippen LogP contribution in [0.25, 0.3) is 0 Å². The van der Waals surface area contributed by atoms with Gasteiger partial charge in [0.1, 0.15) is 11.6 Å². The molecule has 4 rings (SSSR count). The Hall–Kier alpha value is -2.96. The number of piperidine rings is 1. The highest BCUT2D eigenvalue weighted by Gasteiger charge is 2.51. The summed E-state index contributed by atoms with van der Waals surface area (Å²) in [5.74, 6) is 1.17. The molecule has 6 nitrogen and oxygen atoms in total. The van der Waals surface area contributed by atoms with E-state index in [0.717, 1.165) is 43.1 Å². The average molecular weight is 319 g/mol. The number of rotatable bonds is 0. The number of fused-ring (bicyclic) bond motifs is 3. The van der Waals surface area contributed by atoms with Gasteiger partial charge in [-0.2, -0.15) is 10.5 Å². The van der Waals surface area contributed by atoms with Gasteiger partial charge < -0.3 is 16.0 Å². The van der Waals surface area contributed by atoms with E-state index in [2.05, 4.69) is 24.5 Å². The molecule has 0 aliphatic carbocycles. The zero-order valence-corrected chi connectivity index (χ0v) is 13.6. The SMILES string of the molecule is C[NH+]1CCC2(CC1)C(C#N)=C(N)N1C(=C2C#N)Nc2ccccc21. The second kappa shape index (κ2) is 5.02. The Balaban J connectivity index is 1.96. The normalized spacial score (nSPS) is 28.1. The highest BCUT2D eigenvalue weighted by atomic mass is 15.4. The molecule has 1 saturated heterocycles. The molecule has 1 spiro atoms. The standard InChI is InChI=1S/C18H18N6/c1-23-8-6-18(7-9-23)12(10-19)16(21)24-15-5-3-2-4-14(15)22-17(24)13(18)11-20/h2-5,22H,6-9,21H2,1H3/p+1. The Morgan fingerprint density at radius 1 is 1.17 bits per heavy atom. The fourth-order valence-electron chi connectivity index (χ4n) is 4.14. The van der Waals surface area contributed by atoms with Gasteiger partial charge in [0, 0.05) is 12.8 Å². The van der Waals surface area contributed by atoms with Crippen LogP contribution in [0.3, 0.4) is 0 Å². The molecule has 0 radical (unpaired) electrons. The number of anilines is 2. The van der Waals surface area contributed by atoms with E-state index in [1.54, 1.807) is 0 Å². The Bertz CT molecular complexity index is 858. The first-order chi connectivity index (χ1) is 11.6. The second-order valence-corrected chi connectivity index (χ2v) is 6.72. The number of nitriles is 2. The molecule has 1 aromatic rings. The van der Waals surface area contributed by atoms with Gasteiger partial charge in [-0.05, 0) is 12.1 Å². The minimum Gasteiger partial charge on any atom is -0.384 e. The summed E-state index contributed by atoms with van der Waals surface area (Å²) >= 11 is 0. The number of para-hydroxylation sites is 2. The highest BCUT2D eigenvalue weighted by molar-refractivity contribution is 5.86. The van der Waals surface area contributed by atoms with Gasteiger partial charge in [-0.3, -0.25) is 4.90 Å². The maximum absolute atomic E-state index is 9.95. The Labute approximate surface area is 141 Å². The zero-order valence-electron chi connectivity index (χ0n) is 13.6. The number of hydrogen-bond donors (Lipinski definition) is 3. The van der Waals surface area contributed by atoms with Crippen molar-refractivity contribution in [1.29, 1.82) is 10.5 Å². The first-order valence-corrected chi connectivity index (χ1v) is 8.15. The van der Waals surface area contributed by atoms with Gasteiger partial charge in [-0.25, -0.2) is 0 Å². The van der Waals surface area contributed by atoms with Crippen molar-refractivity contribution in [3.63, 3.8) is 0 Å². The van der Waals surface area contributed by atoms with Gasteiger partial charge in [0.2, 0.25) is 0 Å². The lowest BCUT2D eigenvalue weighted by molar-refractivity contribution is -0.886. The molecule has 3 aliphatic heterocycles. The minimum absolute atomic E-state index is 0.448. The molecule has 0 atom stereocenters. The lowest BCUT2D eigenvalue weighted by atomic mass is 9.66. The van der Waals surface area contributed by atoms with E-state index >= 15 is 0 Å². The van der Waals surface area contributed by atoms with E-state index in [-0.39, 0.29) is 0 Å². The lowest BCUT2D eigenvalue weighted by Crippen LogP contribution is -3.10. The van der Waals surface area contributed by atoms with Crippen molar-refractivity contribution in [2.24, 2.45) is 11.1 Å². The number of nitrogens with one attached hydrogen (secondary N) is 2. The van der Waals surface area contributed by atoms with Crippen LogP contribution in [0, 0.1) is 28.1 Å². The van der Waals surface area contributed by atoms with Crippen molar-refractivity contribution in [2.75, 3.05) is 30.4 Å². The van der Waals surface area contributed by atoms with Crippen LogP contribution in [0.15, 0.2) is 47.1 Å². The van der Waals surface area contributed by atoms with Crippen molar-refractivity contribution in [2.45, 2.75) is 12.8 Å². The average Bonchev–Trinajstić information content (AvgIpc) is 2.97. The number of hydrogen-bond acceptors (Lipinski definition) is 5. The van der Waals surface area contributed by atoms with Crippen LogP contribution in [-0.4, -0.2) is 20.1 Å². The molecule has 0 amide bonds. The van der Waals surface area contributed by atoms with Crippen molar-refractivity contribution in [1.82, 2.24) is 0 Å². The van der Waals surface area contributed by atoms with Gasteiger partial charge in [0.05, 0.1) is 60.2 Å². The Morgan fingerprint density at radius 3 is 2.50 bits per heavy atom. The fourth-order valence-corrected chi connectivity index (χ4v) is 4.14. The third kappa shape index (κ3) is 1.72. The maximum atomic E-state index is 9.95. The van der Waals surface area contributed by atoms with Gasteiger partial charge in [0.15, 0.2) is 0 Å². The summed E-state index contributed by atoms with van der Waals surface area (Å²) in [4.78, 5) is 3.24. The summed E-state index contributed by atoms with van der Waals surface area (Å²) < 4.78 is 0. The predicted octanol–water partition coefficient (Wildman–Crippen LogP) is 0.656. The maximum Gasteiger partial charge on any atom is 0.131 e. The monoisotopic (exact) mass is 319 g/mol. The van der Waals surface area contributed by atoms with Crippen molar-refractivity contribution < 1.29 is 4.90 Å². The third-order valence-corrected chi connectivity index (χ3v) is 5.49. The number of benzene rings is 1. The largest absolute Gasteiger partial charge is 0.384 e. The van der Waals surface area contributed by atoms with Crippen LogP contribution < -0.4 is 20.9 Å². The fraction of sp³-hybridized carbons (Fsp3) is 0.333. The van der Waals surface area contributed by atoms with E-state index in [4.69, 9.17) is 5.73 Å². The van der Waals surface area contributed by atoms with Gasteiger partial charge in [0.25, 0.3) is 0 Å². The number of likely N-dealkylation sites (tertiary alicyclic amines) is 1. The van der Waals surface area contributed by atoms with E-state index in [1.165, 1.54) is 4.90 Å². The van der Waals surface area contributed by atoms with Crippen LogP contribution in [-0.2, 0) is 0 Å². The number of quaternary nitrogens is 1. The Morgan fingerprint density at radius 2 is 1.83 bits per heavy atom. The molecule has 4 N–H and O–H groups in total. The van der Waals surface area contributed by atoms with Gasteiger partial charge >= 0.3 is 0 Å². The summed E-state index contributed by atoms with van der Waals surface area (Å²) in [6.45, 7) is 1.84. The molecule has 0 unspecified atom stereocenters. The molecule has 3 heterocycles. The van der Waals surface area contributed by atoms with Crippen molar-refractivity contribution in [3.05, 3.63) is 47.1 Å². The predicted molar refractivity (Wildman–Crippen MR) is 90.3 cm³/mol. The van der Waals surface area contributed by atoms with E-state index < -0.39 is 5.41 Å². The van der Waals surface area contributed by atoms with E-state index in [0.29, 0.717) is 17.0 Å². The minimum atomic E-state index is -0.562. The lowest BCUT2D eigenvalue weighted by Gasteiger charge is -2.43. The number of nitrogens with two attached hydrogens (primary N) is 1. The van der Waals surface area contributed by atoms with Gasteiger partial charge in [-0.15, -0.1) is 0 Å². The first-order valence-electron chi connectivity index (χ1n) is 8.15.